The Kier molecular flexibility index (Phi) is 5.45. The lowest BCUT2D eigenvalue weighted by molar-refractivity contribution is -0.138. The highest BCUT2D eigenvalue weighted by Gasteiger charge is 2.34. The average molecular weight is 493 g/mol. The second kappa shape index (κ2) is 8.31. The summed E-state index contributed by atoms with van der Waals surface area (Å²) >= 11 is 8.06. The maximum atomic E-state index is 13.5. The van der Waals surface area contributed by atoms with Gasteiger partial charge in [-0.3, -0.25) is 0 Å². The number of alkyl halides is 3. The standard InChI is InChI=1S/C21H16ClF3N6OS/c22-18-11(7-14-13(21(23,24)25)1-2-16(26)30-14)8-15-17-19(18)32-6-5-31(20(17)28-10-27-15)9-12-3-4-29-33-12/h1-4,8,10H,5-7,9H2,(H2,26,30). The molecular weight excluding hydrogens is 477 g/mol. The molecule has 0 amide bonds. The minimum absolute atomic E-state index is 0.00683. The van der Waals surface area contributed by atoms with E-state index in [1.165, 1.54) is 17.9 Å². The Morgan fingerprint density at radius 1 is 1.21 bits per heavy atom. The summed E-state index contributed by atoms with van der Waals surface area (Å²) in [4.78, 5) is 15.8. The molecule has 12 heteroatoms. The van der Waals surface area contributed by atoms with Crippen molar-refractivity contribution in [1.82, 2.24) is 19.3 Å². The van der Waals surface area contributed by atoms with Gasteiger partial charge in [0.25, 0.3) is 0 Å². The lowest BCUT2D eigenvalue weighted by atomic mass is 10.0. The first-order valence-electron chi connectivity index (χ1n) is 9.87. The van der Waals surface area contributed by atoms with Crippen molar-refractivity contribution in [1.29, 1.82) is 0 Å². The minimum Gasteiger partial charge on any atom is -0.489 e. The number of nitrogen functional groups attached to an aromatic ring is 1. The molecule has 4 heterocycles. The molecule has 4 aromatic rings. The number of pyridine rings is 1. The van der Waals surface area contributed by atoms with Gasteiger partial charge in [0.2, 0.25) is 0 Å². The van der Waals surface area contributed by atoms with Crippen LogP contribution in [0, 0.1) is 0 Å². The molecule has 7 nitrogen and oxygen atoms in total. The zero-order chi connectivity index (χ0) is 23.2. The Bertz CT molecular complexity index is 1330. The second-order valence-corrected chi connectivity index (χ2v) is 8.72. The molecule has 1 aromatic carbocycles. The van der Waals surface area contributed by atoms with Crippen molar-refractivity contribution in [2.75, 3.05) is 23.8 Å². The van der Waals surface area contributed by atoms with Crippen LogP contribution in [0.5, 0.6) is 5.75 Å². The first kappa shape index (κ1) is 21.7. The van der Waals surface area contributed by atoms with Crippen molar-refractivity contribution in [3.8, 4) is 5.75 Å². The van der Waals surface area contributed by atoms with Gasteiger partial charge in [-0.15, -0.1) is 0 Å². The third-order valence-electron chi connectivity index (χ3n) is 5.28. The molecule has 0 saturated carbocycles. The van der Waals surface area contributed by atoms with Gasteiger partial charge in [0.15, 0.2) is 5.75 Å². The summed E-state index contributed by atoms with van der Waals surface area (Å²) in [6.45, 7) is 1.44. The SMILES string of the molecule is Nc1ccc(C(F)(F)F)c(Cc2cc3ncnc4c3c(c2Cl)OCCN4Cc2ccns2)n1. The molecule has 33 heavy (non-hydrogen) atoms. The van der Waals surface area contributed by atoms with E-state index in [1.54, 1.807) is 12.3 Å². The van der Waals surface area contributed by atoms with Crippen LogP contribution in [0.15, 0.2) is 36.8 Å². The highest BCUT2D eigenvalue weighted by molar-refractivity contribution is 7.05. The van der Waals surface area contributed by atoms with Crippen LogP contribution < -0.4 is 15.4 Å². The van der Waals surface area contributed by atoms with E-state index in [2.05, 4.69) is 19.3 Å². The van der Waals surface area contributed by atoms with E-state index in [4.69, 9.17) is 22.1 Å². The molecule has 0 atom stereocenters. The van der Waals surface area contributed by atoms with E-state index < -0.39 is 11.7 Å². The van der Waals surface area contributed by atoms with E-state index in [0.717, 1.165) is 17.0 Å². The Morgan fingerprint density at radius 2 is 2.06 bits per heavy atom. The fourth-order valence-electron chi connectivity index (χ4n) is 3.83. The van der Waals surface area contributed by atoms with E-state index in [0.29, 0.717) is 47.7 Å². The molecule has 0 bridgehead atoms. The summed E-state index contributed by atoms with van der Waals surface area (Å²) in [6.07, 6.45) is -1.60. The third kappa shape index (κ3) is 4.13. The van der Waals surface area contributed by atoms with Gasteiger partial charge in [0.05, 0.1) is 40.3 Å². The number of halogens is 4. The zero-order valence-corrected chi connectivity index (χ0v) is 18.5. The van der Waals surface area contributed by atoms with Crippen molar-refractivity contribution >= 4 is 45.7 Å². The van der Waals surface area contributed by atoms with Gasteiger partial charge < -0.3 is 15.4 Å². The van der Waals surface area contributed by atoms with Crippen molar-refractivity contribution in [3.63, 3.8) is 0 Å². The Balaban J connectivity index is 1.61. The summed E-state index contributed by atoms with van der Waals surface area (Å²) in [5.41, 5.74) is 5.51. The molecule has 0 saturated heterocycles. The Labute approximate surface area is 195 Å². The van der Waals surface area contributed by atoms with Gasteiger partial charge in [0.1, 0.15) is 24.6 Å². The molecule has 0 fully saturated rings. The van der Waals surface area contributed by atoms with E-state index in [-0.39, 0.29) is 23.0 Å². The smallest absolute Gasteiger partial charge is 0.418 e. The molecular formula is C21H16ClF3N6OS. The molecule has 5 rings (SSSR count). The first-order chi connectivity index (χ1) is 15.8. The number of ether oxygens (including phenoxy) is 1. The molecule has 0 radical (unpaired) electrons. The number of nitrogens with zero attached hydrogens (tertiary/aromatic N) is 5. The largest absolute Gasteiger partial charge is 0.489 e. The van der Waals surface area contributed by atoms with Crippen LogP contribution in [0.25, 0.3) is 10.9 Å². The number of anilines is 2. The summed E-state index contributed by atoms with van der Waals surface area (Å²) in [5.74, 6) is 0.990. The van der Waals surface area contributed by atoms with Crippen LogP contribution >= 0.6 is 23.1 Å². The number of hydrogen-bond acceptors (Lipinski definition) is 8. The van der Waals surface area contributed by atoms with Crippen LogP contribution in [0.1, 0.15) is 21.7 Å². The number of rotatable bonds is 4. The number of hydrogen-bond donors (Lipinski definition) is 1. The topological polar surface area (TPSA) is 90.0 Å². The molecule has 170 valence electrons. The highest BCUT2D eigenvalue weighted by Crippen LogP contribution is 2.43. The lowest BCUT2D eigenvalue weighted by Crippen LogP contribution is -2.26. The first-order valence-corrected chi connectivity index (χ1v) is 11.0. The third-order valence-corrected chi connectivity index (χ3v) is 6.42. The predicted molar refractivity (Wildman–Crippen MR) is 120 cm³/mol. The van der Waals surface area contributed by atoms with Gasteiger partial charge in [-0.05, 0) is 41.4 Å². The van der Waals surface area contributed by atoms with Gasteiger partial charge in [0, 0.05) is 17.5 Å². The maximum Gasteiger partial charge on any atom is 0.418 e. The van der Waals surface area contributed by atoms with Crippen LogP contribution in [-0.2, 0) is 19.1 Å². The molecule has 1 aliphatic rings. The van der Waals surface area contributed by atoms with Crippen molar-refractivity contribution < 1.29 is 17.9 Å². The minimum atomic E-state index is -4.58. The normalized spacial score (nSPS) is 13.8. The van der Waals surface area contributed by atoms with Crippen molar-refractivity contribution in [2.45, 2.75) is 19.1 Å². The molecule has 0 unspecified atom stereocenters. The number of benzene rings is 1. The van der Waals surface area contributed by atoms with E-state index in [9.17, 15) is 13.2 Å². The van der Waals surface area contributed by atoms with E-state index in [1.807, 2.05) is 11.0 Å². The predicted octanol–water partition coefficient (Wildman–Crippen LogP) is 4.73. The average Bonchev–Trinajstić information content (AvgIpc) is 3.20. The monoisotopic (exact) mass is 492 g/mol. The summed E-state index contributed by atoms with van der Waals surface area (Å²) < 4.78 is 50.7. The van der Waals surface area contributed by atoms with Gasteiger partial charge in [-0.2, -0.15) is 13.2 Å². The lowest BCUT2D eigenvalue weighted by Gasteiger charge is -2.21. The van der Waals surface area contributed by atoms with E-state index >= 15 is 0 Å². The second-order valence-electron chi connectivity index (χ2n) is 7.42. The molecule has 2 N–H and O–H groups in total. The van der Waals surface area contributed by atoms with Crippen LogP contribution in [0.3, 0.4) is 0 Å². The molecule has 3 aromatic heterocycles. The van der Waals surface area contributed by atoms with Crippen molar-refractivity contribution in [3.05, 3.63) is 63.5 Å². The van der Waals surface area contributed by atoms with Gasteiger partial charge >= 0.3 is 6.18 Å². The Hall–Kier alpha value is -3.18. The van der Waals surface area contributed by atoms with Gasteiger partial charge in [-0.25, -0.2) is 19.3 Å². The maximum absolute atomic E-state index is 13.5. The molecule has 1 aliphatic heterocycles. The fraction of sp³-hybridized carbons (Fsp3) is 0.238. The van der Waals surface area contributed by atoms with Crippen LogP contribution in [-0.4, -0.2) is 32.5 Å². The number of aromatic nitrogens is 4. The quantitative estimate of drug-likeness (QED) is 0.440. The zero-order valence-electron chi connectivity index (χ0n) is 16.9. The Morgan fingerprint density at radius 3 is 2.82 bits per heavy atom. The molecule has 0 spiro atoms. The van der Waals surface area contributed by atoms with Crippen LogP contribution in [0.4, 0.5) is 24.8 Å². The molecule has 0 aliphatic carbocycles. The van der Waals surface area contributed by atoms with Crippen LogP contribution in [0.2, 0.25) is 5.02 Å². The summed E-state index contributed by atoms with van der Waals surface area (Å²) in [7, 11) is 0. The van der Waals surface area contributed by atoms with Crippen molar-refractivity contribution in [2.24, 2.45) is 0 Å². The summed E-state index contributed by atoms with van der Waals surface area (Å²) in [6, 6.07) is 5.64. The van der Waals surface area contributed by atoms with Gasteiger partial charge in [-0.1, -0.05) is 11.6 Å². The fourth-order valence-corrected chi connectivity index (χ4v) is 4.69. The summed E-state index contributed by atoms with van der Waals surface area (Å²) in [5, 5.41) is 0.820. The highest BCUT2D eigenvalue weighted by atomic mass is 35.5. The number of nitrogens with two attached hydrogens (primary N) is 1.